The molecule has 0 radical (unpaired) electrons. The Hall–Kier alpha value is -2.48. The number of nitrogens with one attached hydrogen (secondary N) is 2. The van der Waals surface area contributed by atoms with E-state index in [0.29, 0.717) is 19.0 Å². The van der Waals surface area contributed by atoms with Crippen molar-refractivity contribution in [3.8, 4) is 0 Å². The quantitative estimate of drug-likeness (QED) is 0.582. The van der Waals surface area contributed by atoms with Crippen LogP contribution in [0, 0.1) is 11.8 Å². The lowest BCUT2D eigenvalue weighted by molar-refractivity contribution is -0.128. The van der Waals surface area contributed by atoms with Crippen molar-refractivity contribution in [2.24, 2.45) is 11.8 Å². The van der Waals surface area contributed by atoms with Gasteiger partial charge in [0.05, 0.1) is 5.92 Å². The first-order chi connectivity index (χ1) is 16.5. The van der Waals surface area contributed by atoms with Crippen LogP contribution in [0.2, 0.25) is 0 Å². The number of nitrogens with zero attached hydrogens (tertiary/aromatic N) is 3. The van der Waals surface area contributed by atoms with Crippen molar-refractivity contribution in [2.45, 2.75) is 19.9 Å². The lowest BCUT2D eigenvalue weighted by Gasteiger charge is -2.41. The highest BCUT2D eigenvalue weighted by Crippen LogP contribution is 2.26. The molecule has 7 nitrogen and oxygen atoms in total. The zero-order valence-electron chi connectivity index (χ0n) is 20.6. The number of carbonyl (C=O) groups excluding carboxylic acids is 2. The Bertz CT molecular complexity index is 972. The van der Waals surface area contributed by atoms with Crippen LogP contribution in [0.3, 0.4) is 0 Å². The van der Waals surface area contributed by atoms with Gasteiger partial charge < -0.3 is 20.4 Å². The lowest BCUT2D eigenvalue weighted by atomic mass is 9.87. The van der Waals surface area contributed by atoms with Gasteiger partial charge in [-0.1, -0.05) is 36.4 Å². The maximum atomic E-state index is 13.0. The van der Waals surface area contributed by atoms with Crippen molar-refractivity contribution in [1.82, 2.24) is 25.3 Å². The molecule has 2 fully saturated rings. The van der Waals surface area contributed by atoms with Crippen molar-refractivity contribution in [2.75, 3.05) is 66.0 Å². The number of piperazine rings is 1. The molecule has 2 aliphatic rings. The molecule has 34 heavy (non-hydrogen) atoms. The number of benzene rings is 2. The smallest absolute Gasteiger partial charge is 0.224 e. The largest absolute Gasteiger partial charge is 0.355 e. The van der Waals surface area contributed by atoms with E-state index in [-0.39, 0.29) is 17.7 Å². The summed E-state index contributed by atoms with van der Waals surface area (Å²) in [5.74, 6) is 0.491. The molecule has 2 aromatic carbocycles. The minimum absolute atomic E-state index is 0.0241. The molecule has 2 N–H and O–H groups in total. The number of amides is 2. The fourth-order valence-corrected chi connectivity index (χ4v) is 5.31. The summed E-state index contributed by atoms with van der Waals surface area (Å²) in [5.41, 5.74) is 1.30. The first-order valence-corrected chi connectivity index (χ1v) is 12.6. The molecule has 0 spiro atoms. The van der Waals surface area contributed by atoms with E-state index in [1.165, 1.54) is 23.3 Å². The molecule has 184 valence electrons. The van der Waals surface area contributed by atoms with Crippen molar-refractivity contribution in [3.05, 3.63) is 48.0 Å². The third-order valence-corrected chi connectivity index (χ3v) is 7.11. The lowest BCUT2D eigenvalue weighted by Crippen LogP contribution is -2.51. The predicted molar refractivity (Wildman–Crippen MR) is 136 cm³/mol. The topological polar surface area (TPSA) is 67.9 Å². The maximum absolute atomic E-state index is 13.0. The van der Waals surface area contributed by atoms with Gasteiger partial charge in [0.25, 0.3) is 0 Å². The Morgan fingerprint density at radius 3 is 2.41 bits per heavy atom. The first kappa shape index (κ1) is 24.6. The predicted octanol–water partition coefficient (Wildman–Crippen LogP) is 1.78. The number of hydrogen-bond acceptors (Lipinski definition) is 5. The number of likely N-dealkylation sites (N-methyl/N-ethyl adjacent to an activating group) is 1. The number of fused-ring (bicyclic) bond motifs is 1. The molecule has 2 aliphatic heterocycles. The molecule has 2 heterocycles. The van der Waals surface area contributed by atoms with E-state index in [2.05, 4.69) is 74.8 Å². The van der Waals surface area contributed by atoms with E-state index in [1.807, 2.05) is 0 Å². The number of rotatable bonds is 8. The summed E-state index contributed by atoms with van der Waals surface area (Å²) in [6.07, 6.45) is 0.923. The second-order valence-electron chi connectivity index (χ2n) is 10.1. The molecule has 2 amide bonds. The summed E-state index contributed by atoms with van der Waals surface area (Å²) >= 11 is 0. The van der Waals surface area contributed by atoms with Gasteiger partial charge in [0.15, 0.2) is 0 Å². The molecule has 4 rings (SSSR count). The molecular weight excluding hydrogens is 426 g/mol. The number of likely N-dealkylation sites (tertiary alicyclic amines) is 1. The zero-order chi connectivity index (χ0) is 23.9. The average Bonchev–Trinajstić information content (AvgIpc) is 2.83. The van der Waals surface area contributed by atoms with Gasteiger partial charge in [-0.15, -0.1) is 0 Å². The summed E-state index contributed by atoms with van der Waals surface area (Å²) in [6, 6.07) is 15.2. The van der Waals surface area contributed by atoms with Gasteiger partial charge >= 0.3 is 0 Å². The second-order valence-corrected chi connectivity index (χ2v) is 10.1. The van der Waals surface area contributed by atoms with Crippen LogP contribution in [-0.2, 0) is 16.1 Å². The second kappa shape index (κ2) is 11.8. The molecule has 2 atom stereocenters. The van der Waals surface area contributed by atoms with Gasteiger partial charge in [-0.3, -0.25) is 14.5 Å². The van der Waals surface area contributed by atoms with Crippen LogP contribution in [0.15, 0.2) is 42.5 Å². The highest BCUT2D eigenvalue weighted by atomic mass is 16.2. The van der Waals surface area contributed by atoms with E-state index in [1.54, 1.807) is 0 Å². The third-order valence-electron chi connectivity index (χ3n) is 7.11. The van der Waals surface area contributed by atoms with Crippen molar-refractivity contribution in [3.63, 3.8) is 0 Å². The molecule has 0 aliphatic carbocycles. The van der Waals surface area contributed by atoms with E-state index in [0.717, 1.165) is 58.8 Å². The van der Waals surface area contributed by atoms with Gasteiger partial charge in [-0.25, -0.2) is 0 Å². The fraction of sp³-hybridized carbons (Fsp3) is 0.556. The minimum Gasteiger partial charge on any atom is -0.355 e. The molecule has 0 saturated carbocycles. The molecule has 0 bridgehead atoms. The van der Waals surface area contributed by atoms with Crippen molar-refractivity contribution >= 4 is 22.6 Å². The van der Waals surface area contributed by atoms with E-state index in [4.69, 9.17) is 0 Å². The molecule has 2 saturated heterocycles. The van der Waals surface area contributed by atoms with Crippen LogP contribution >= 0.6 is 0 Å². The summed E-state index contributed by atoms with van der Waals surface area (Å²) in [7, 11) is 2.19. The Labute approximate surface area is 203 Å². The highest BCUT2D eigenvalue weighted by Gasteiger charge is 2.32. The first-order valence-electron chi connectivity index (χ1n) is 12.6. The number of hydrogen-bond donors (Lipinski definition) is 2. The summed E-state index contributed by atoms with van der Waals surface area (Å²) in [6.45, 7) is 10.6. The van der Waals surface area contributed by atoms with E-state index >= 15 is 0 Å². The van der Waals surface area contributed by atoms with Gasteiger partial charge in [-0.2, -0.15) is 0 Å². The van der Waals surface area contributed by atoms with Crippen LogP contribution in [0.4, 0.5) is 0 Å². The van der Waals surface area contributed by atoms with Crippen LogP contribution in [-0.4, -0.2) is 92.5 Å². The summed E-state index contributed by atoms with van der Waals surface area (Å²) in [5, 5.41) is 8.32. The monoisotopic (exact) mass is 465 g/mol. The van der Waals surface area contributed by atoms with Crippen LogP contribution in [0.25, 0.3) is 10.8 Å². The SMILES string of the molecule is CC(=O)NCCNC(=O)[C@@H]1C[C@H](CN2CCN(C)CC2)CN(Cc2ccc3ccccc3c2)C1. The zero-order valence-corrected chi connectivity index (χ0v) is 20.6. The van der Waals surface area contributed by atoms with Gasteiger partial charge in [0, 0.05) is 72.4 Å². The molecule has 7 heteroatoms. The van der Waals surface area contributed by atoms with Crippen molar-refractivity contribution in [1.29, 1.82) is 0 Å². The Kier molecular flexibility index (Phi) is 8.53. The summed E-state index contributed by atoms with van der Waals surface area (Å²) < 4.78 is 0. The molecule has 0 unspecified atom stereocenters. The Balaban J connectivity index is 1.40. The number of piperidine rings is 1. The van der Waals surface area contributed by atoms with Crippen LogP contribution < -0.4 is 10.6 Å². The fourth-order valence-electron chi connectivity index (χ4n) is 5.31. The van der Waals surface area contributed by atoms with Gasteiger partial charge in [-0.05, 0) is 41.8 Å². The molecule has 2 aromatic rings. The Morgan fingerprint density at radius 1 is 0.912 bits per heavy atom. The van der Waals surface area contributed by atoms with E-state index in [9.17, 15) is 9.59 Å². The van der Waals surface area contributed by atoms with Gasteiger partial charge in [0.1, 0.15) is 0 Å². The third kappa shape index (κ3) is 7.01. The summed E-state index contributed by atoms with van der Waals surface area (Å²) in [4.78, 5) is 31.5. The average molecular weight is 466 g/mol. The molecular formula is C27H39N5O2. The number of carbonyl (C=O) groups is 2. The highest BCUT2D eigenvalue weighted by molar-refractivity contribution is 5.83. The standard InChI is InChI=1S/C27H39N5O2/c1-21(33)28-9-10-29-27(34)26-16-23(18-31-13-11-30(2)12-14-31)19-32(20-26)17-22-7-8-24-5-3-4-6-25(24)15-22/h3-8,15,23,26H,9-14,16-20H2,1-2H3,(H,28,33)(H,29,34)/t23-,26-/m1/s1. The van der Waals surface area contributed by atoms with Gasteiger partial charge in [0.2, 0.25) is 11.8 Å². The molecule has 0 aromatic heterocycles. The van der Waals surface area contributed by atoms with Crippen molar-refractivity contribution < 1.29 is 9.59 Å². The maximum Gasteiger partial charge on any atom is 0.224 e. The van der Waals surface area contributed by atoms with Crippen LogP contribution in [0.1, 0.15) is 18.9 Å². The van der Waals surface area contributed by atoms with Crippen LogP contribution in [0.5, 0.6) is 0 Å². The Morgan fingerprint density at radius 2 is 1.65 bits per heavy atom. The van der Waals surface area contributed by atoms with E-state index < -0.39 is 0 Å². The normalized spacial score (nSPS) is 22.5. The minimum atomic E-state index is -0.0688.